The van der Waals surface area contributed by atoms with E-state index in [4.69, 9.17) is 0 Å². The van der Waals surface area contributed by atoms with Gasteiger partial charge in [-0.3, -0.25) is 4.98 Å². The van der Waals surface area contributed by atoms with Crippen LogP contribution in [0.1, 0.15) is 40.3 Å². The van der Waals surface area contributed by atoms with Gasteiger partial charge in [-0.1, -0.05) is 109 Å². The molecule has 8 rings (SSSR count). The molecular weight excluding hydrogens is 494 g/mol. The maximum Gasteiger partial charge on any atom is 0.0731 e. The molecule has 1 atom stereocenters. The van der Waals surface area contributed by atoms with Crippen LogP contribution in [0.15, 0.2) is 128 Å². The van der Waals surface area contributed by atoms with E-state index >= 15 is 0 Å². The summed E-state index contributed by atoms with van der Waals surface area (Å²) < 4.78 is 0. The van der Waals surface area contributed by atoms with Crippen molar-refractivity contribution >= 4 is 0 Å². The van der Waals surface area contributed by atoms with Gasteiger partial charge in [-0.05, 0) is 106 Å². The van der Waals surface area contributed by atoms with Gasteiger partial charge in [0, 0.05) is 17.2 Å². The first-order valence-corrected chi connectivity index (χ1v) is 14.6. The average molecular weight is 526 g/mol. The predicted molar refractivity (Wildman–Crippen MR) is 170 cm³/mol. The molecule has 2 aliphatic rings. The van der Waals surface area contributed by atoms with Crippen molar-refractivity contribution in [3.8, 4) is 44.6 Å². The number of fused-ring (bicyclic) bond motifs is 6. The summed E-state index contributed by atoms with van der Waals surface area (Å²) in [4.78, 5) is 4.60. The Labute approximate surface area is 242 Å². The predicted octanol–water partition coefficient (Wildman–Crippen LogP) is 9.82. The lowest BCUT2D eigenvalue weighted by Crippen LogP contribution is -2.22. The smallest absolute Gasteiger partial charge is 0.0731 e. The Morgan fingerprint density at radius 2 is 1.24 bits per heavy atom. The second kappa shape index (κ2) is 9.14. The zero-order chi connectivity index (χ0) is 27.6. The highest BCUT2D eigenvalue weighted by Gasteiger charge is 2.41. The highest BCUT2D eigenvalue weighted by atomic mass is 14.7. The minimum absolute atomic E-state index is 0.173. The number of aryl methyl sites for hydroxylation is 3. The second-order valence-electron chi connectivity index (χ2n) is 11.7. The number of benzene rings is 5. The van der Waals surface area contributed by atoms with Gasteiger partial charge in [0.15, 0.2) is 0 Å². The van der Waals surface area contributed by atoms with E-state index in [2.05, 4.69) is 134 Å². The Morgan fingerprint density at radius 1 is 0.537 bits per heavy atom. The summed E-state index contributed by atoms with van der Waals surface area (Å²) in [6, 6.07) is 45.1. The fraction of sp³-hybridized carbons (Fsp3) is 0.125. The lowest BCUT2D eigenvalue weighted by molar-refractivity contribution is 0.713. The molecule has 0 saturated carbocycles. The van der Waals surface area contributed by atoms with E-state index in [0.29, 0.717) is 0 Å². The van der Waals surface area contributed by atoms with E-state index in [-0.39, 0.29) is 5.41 Å². The molecule has 1 unspecified atom stereocenters. The monoisotopic (exact) mass is 525 g/mol. The average Bonchev–Trinajstić information content (AvgIpc) is 3.29. The Balaban J connectivity index is 1.21. The molecule has 0 amide bonds. The fourth-order valence-electron chi connectivity index (χ4n) is 7.24. The Morgan fingerprint density at radius 3 is 2.05 bits per heavy atom. The molecule has 0 spiro atoms. The van der Waals surface area contributed by atoms with Crippen LogP contribution in [-0.4, -0.2) is 4.98 Å². The van der Waals surface area contributed by atoms with Gasteiger partial charge in [0.1, 0.15) is 0 Å². The van der Waals surface area contributed by atoms with Gasteiger partial charge >= 0.3 is 0 Å². The van der Waals surface area contributed by atoms with Crippen LogP contribution in [0.25, 0.3) is 44.6 Å². The van der Waals surface area contributed by atoms with Crippen LogP contribution < -0.4 is 0 Å². The van der Waals surface area contributed by atoms with E-state index in [1.807, 2.05) is 12.3 Å². The summed E-state index contributed by atoms with van der Waals surface area (Å²) in [5.41, 5.74) is 18.4. The van der Waals surface area contributed by atoms with Crippen molar-refractivity contribution < 1.29 is 0 Å². The number of nitrogens with zero attached hydrogens (tertiary/aromatic N) is 1. The van der Waals surface area contributed by atoms with Crippen LogP contribution in [-0.2, 0) is 18.3 Å². The highest BCUT2D eigenvalue weighted by Crippen LogP contribution is 2.54. The minimum atomic E-state index is -0.173. The largest absolute Gasteiger partial charge is 0.256 e. The second-order valence-corrected chi connectivity index (χ2v) is 11.7. The first-order valence-electron chi connectivity index (χ1n) is 14.6. The van der Waals surface area contributed by atoms with Gasteiger partial charge in [0.2, 0.25) is 0 Å². The van der Waals surface area contributed by atoms with Crippen LogP contribution >= 0.6 is 0 Å². The molecule has 1 nitrogen and oxygen atoms in total. The van der Waals surface area contributed by atoms with Gasteiger partial charge in [-0.15, -0.1) is 0 Å². The zero-order valence-corrected chi connectivity index (χ0v) is 23.5. The highest BCUT2D eigenvalue weighted by molar-refractivity contribution is 5.88. The van der Waals surface area contributed by atoms with E-state index in [9.17, 15) is 0 Å². The number of hydrogen-bond acceptors (Lipinski definition) is 1. The standard InChI is InChI=1S/C40H31N/c1-26-9-8-22-41-39(26)28-16-14-27(15-17-28)29-20-21-33-30(23-29)18-19-31-24-36-34-12-6-7-13-37(34)40(2,38(36)25-35(31)33)32-10-4-3-5-11-32/h3-17,20-25H,18-19H2,1-2H3. The molecule has 0 saturated heterocycles. The number of hydrogen-bond donors (Lipinski definition) is 0. The van der Waals surface area contributed by atoms with Crippen molar-refractivity contribution in [1.82, 2.24) is 4.98 Å². The third kappa shape index (κ3) is 3.66. The number of pyridine rings is 1. The molecular formula is C40H31N. The van der Waals surface area contributed by atoms with E-state index in [0.717, 1.165) is 24.1 Å². The van der Waals surface area contributed by atoms with Crippen LogP contribution in [0.4, 0.5) is 0 Å². The SMILES string of the molecule is Cc1cccnc1-c1ccc(-c2ccc3c(c2)CCc2cc4c(cc2-3)C(C)(c2ccccc2)c2ccccc2-4)cc1. The first-order chi connectivity index (χ1) is 20.1. The maximum absolute atomic E-state index is 4.60. The zero-order valence-electron chi connectivity index (χ0n) is 23.5. The summed E-state index contributed by atoms with van der Waals surface area (Å²) in [5, 5.41) is 0. The van der Waals surface area contributed by atoms with Gasteiger partial charge in [-0.25, -0.2) is 0 Å². The van der Waals surface area contributed by atoms with Crippen molar-refractivity contribution in [3.05, 3.63) is 161 Å². The molecule has 1 heteroatoms. The summed E-state index contributed by atoms with van der Waals surface area (Å²) in [6.45, 7) is 4.52. The number of aromatic nitrogens is 1. The lowest BCUT2D eigenvalue weighted by Gasteiger charge is -2.30. The van der Waals surface area contributed by atoms with Gasteiger partial charge in [0.05, 0.1) is 5.69 Å². The van der Waals surface area contributed by atoms with E-state index in [1.54, 1.807) is 0 Å². The molecule has 0 fully saturated rings. The van der Waals surface area contributed by atoms with Crippen molar-refractivity contribution in [2.75, 3.05) is 0 Å². The Kier molecular flexibility index (Phi) is 5.37. The normalized spacial score (nSPS) is 16.4. The summed E-state index contributed by atoms with van der Waals surface area (Å²) in [6.07, 6.45) is 4.01. The topological polar surface area (TPSA) is 12.9 Å². The Hall–Kier alpha value is -4.75. The van der Waals surface area contributed by atoms with Crippen molar-refractivity contribution in [2.24, 2.45) is 0 Å². The molecule has 41 heavy (non-hydrogen) atoms. The Bertz CT molecular complexity index is 1950. The van der Waals surface area contributed by atoms with E-state index in [1.165, 1.54) is 66.8 Å². The lowest BCUT2D eigenvalue weighted by atomic mass is 9.73. The van der Waals surface area contributed by atoms with Crippen molar-refractivity contribution in [3.63, 3.8) is 0 Å². The first kappa shape index (κ1) is 24.1. The molecule has 0 radical (unpaired) electrons. The van der Waals surface area contributed by atoms with Crippen LogP contribution in [0.2, 0.25) is 0 Å². The van der Waals surface area contributed by atoms with Crippen molar-refractivity contribution in [1.29, 1.82) is 0 Å². The van der Waals surface area contributed by atoms with Crippen LogP contribution in [0.3, 0.4) is 0 Å². The summed E-state index contributed by atoms with van der Waals surface area (Å²) in [5.74, 6) is 0. The minimum Gasteiger partial charge on any atom is -0.256 e. The molecule has 0 aliphatic heterocycles. The van der Waals surface area contributed by atoms with Crippen LogP contribution in [0, 0.1) is 6.92 Å². The summed E-state index contributed by atoms with van der Waals surface area (Å²) in [7, 11) is 0. The number of rotatable bonds is 3. The molecule has 2 aliphatic carbocycles. The van der Waals surface area contributed by atoms with Crippen molar-refractivity contribution in [2.45, 2.75) is 32.1 Å². The molecule has 196 valence electrons. The maximum atomic E-state index is 4.60. The quantitative estimate of drug-likeness (QED) is 0.224. The van der Waals surface area contributed by atoms with E-state index < -0.39 is 0 Å². The third-order valence-electron chi connectivity index (χ3n) is 9.45. The summed E-state index contributed by atoms with van der Waals surface area (Å²) >= 11 is 0. The molecule has 0 N–H and O–H groups in total. The van der Waals surface area contributed by atoms with Gasteiger partial charge in [0.25, 0.3) is 0 Å². The fourth-order valence-corrected chi connectivity index (χ4v) is 7.24. The molecule has 6 aromatic rings. The molecule has 0 bridgehead atoms. The van der Waals surface area contributed by atoms with Gasteiger partial charge < -0.3 is 0 Å². The molecule has 1 heterocycles. The van der Waals surface area contributed by atoms with Crippen LogP contribution in [0.5, 0.6) is 0 Å². The van der Waals surface area contributed by atoms with Gasteiger partial charge in [-0.2, -0.15) is 0 Å². The molecule has 1 aromatic heterocycles. The molecule has 5 aromatic carbocycles. The third-order valence-corrected chi connectivity index (χ3v) is 9.45.